The van der Waals surface area contributed by atoms with Crippen LogP contribution in [0, 0.1) is 6.92 Å². The molecule has 5 nitrogen and oxygen atoms in total. The van der Waals surface area contributed by atoms with Gasteiger partial charge in [-0.3, -0.25) is 0 Å². The van der Waals surface area contributed by atoms with Gasteiger partial charge in [0, 0.05) is 11.6 Å². The average Bonchev–Trinajstić information content (AvgIpc) is 2.61. The van der Waals surface area contributed by atoms with Gasteiger partial charge >= 0.3 is 6.03 Å². The molecule has 140 valence electrons. The van der Waals surface area contributed by atoms with Crippen LogP contribution in [-0.4, -0.2) is 24.3 Å². The summed E-state index contributed by atoms with van der Waals surface area (Å²) in [6, 6.07) is 12.8. The van der Waals surface area contributed by atoms with E-state index in [0.717, 1.165) is 35.3 Å². The van der Waals surface area contributed by atoms with Crippen molar-refractivity contribution in [2.75, 3.05) is 7.11 Å². The lowest BCUT2D eigenvalue weighted by atomic mass is 10.0. The van der Waals surface area contributed by atoms with Gasteiger partial charge in [-0.1, -0.05) is 29.8 Å². The molecule has 2 aromatic carbocycles. The van der Waals surface area contributed by atoms with Crippen molar-refractivity contribution in [1.29, 1.82) is 0 Å². The Balaban J connectivity index is 1.85. The molecule has 0 heterocycles. The van der Waals surface area contributed by atoms with Gasteiger partial charge in [-0.15, -0.1) is 0 Å². The summed E-state index contributed by atoms with van der Waals surface area (Å²) >= 11 is 0. The van der Waals surface area contributed by atoms with Crippen LogP contribution < -0.4 is 15.4 Å². The van der Waals surface area contributed by atoms with E-state index < -0.39 is 0 Å². The van der Waals surface area contributed by atoms with Gasteiger partial charge in [0.05, 0.1) is 13.2 Å². The lowest BCUT2D eigenvalue weighted by molar-refractivity contribution is 0.234. The highest BCUT2D eigenvalue weighted by Crippen LogP contribution is 2.26. The Hall–Kier alpha value is -2.69. The third kappa shape index (κ3) is 5.69. The first-order valence-electron chi connectivity index (χ1n) is 8.88. The van der Waals surface area contributed by atoms with Crippen LogP contribution in [0.1, 0.15) is 43.0 Å². The SMILES string of the molecule is COc1ccc(C)cc1C(C)NC(=O)NC(C)CCc1ccc(O)cc1. The summed E-state index contributed by atoms with van der Waals surface area (Å²) in [5.74, 6) is 1.03. The minimum Gasteiger partial charge on any atom is -0.508 e. The minimum atomic E-state index is -0.195. The number of amides is 2. The fourth-order valence-electron chi connectivity index (χ4n) is 2.85. The maximum atomic E-state index is 12.3. The number of methoxy groups -OCH3 is 1. The number of ether oxygens (including phenoxy) is 1. The number of phenols is 1. The molecule has 0 saturated heterocycles. The average molecular weight is 356 g/mol. The number of nitrogens with one attached hydrogen (secondary N) is 2. The number of benzene rings is 2. The van der Waals surface area contributed by atoms with Gasteiger partial charge in [0.2, 0.25) is 0 Å². The van der Waals surface area contributed by atoms with Crippen molar-refractivity contribution in [2.24, 2.45) is 0 Å². The molecule has 2 rings (SSSR count). The van der Waals surface area contributed by atoms with E-state index in [9.17, 15) is 9.90 Å². The van der Waals surface area contributed by atoms with Crippen molar-refractivity contribution in [3.63, 3.8) is 0 Å². The summed E-state index contributed by atoms with van der Waals surface area (Å²) in [5, 5.41) is 15.3. The number of carbonyl (C=O) groups is 1. The van der Waals surface area contributed by atoms with Gasteiger partial charge in [0.15, 0.2) is 0 Å². The van der Waals surface area contributed by atoms with Crippen molar-refractivity contribution in [3.05, 3.63) is 59.2 Å². The number of aryl methyl sites for hydroxylation is 2. The molecule has 0 aliphatic rings. The number of carbonyl (C=O) groups excluding carboxylic acids is 1. The third-order valence-electron chi connectivity index (χ3n) is 4.38. The molecule has 26 heavy (non-hydrogen) atoms. The Labute approximate surface area is 155 Å². The number of hydrogen-bond acceptors (Lipinski definition) is 3. The smallest absolute Gasteiger partial charge is 0.315 e. The Bertz CT molecular complexity index is 729. The number of hydrogen-bond donors (Lipinski definition) is 3. The van der Waals surface area contributed by atoms with Gasteiger partial charge in [-0.05, 0) is 57.4 Å². The quantitative estimate of drug-likeness (QED) is 0.700. The van der Waals surface area contributed by atoms with Crippen LogP contribution in [0.5, 0.6) is 11.5 Å². The van der Waals surface area contributed by atoms with Crippen molar-refractivity contribution >= 4 is 6.03 Å². The summed E-state index contributed by atoms with van der Waals surface area (Å²) in [4.78, 5) is 12.3. The van der Waals surface area contributed by atoms with Gasteiger partial charge in [-0.2, -0.15) is 0 Å². The molecule has 0 bridgehead atoms. The maximum Gasteiger partial charge on any atom is 0.315 e. The topological polar surface area (TPSA) is 70.6 Å². The first-order chi connectivity index (χ1) is 12.4. The predicted octanol–water partition coefficient (Wildman–Crippen LogP) is 4.09. The minimum absolute atomic E-state index is 0.0374. The fourth-order valence-corrected chi connectivity index (χ4v) is 2.85. The second kappa shape index (κ2) is 9.13. The van der Waals surface area contributed by atoms with Gasteiger partial charge in [0.25, 0.3) is 0 Å². The second-order valence-corrected chi connectivity index (χ2v) is 6.69. The Morgan fingerprint density at radius 2 is 1.81 bits per heavy atom. The molecule has 0 aliphatic carbocycles. The molecule has 2 aromatic rings. The van der Waals surface area contributed by atoms with E-state index in [0.29, 0.717) is 0 Å². The Morgan fingerprint density at radius 1 is 1.12 bits per heavy atom. The standard InChI is InChI=1S/C21H28N2O3/c1-14-5-12-20(26-4)19(13-14)16(3)23-21(25)22-15(2)6-7-17-8-10-18(24)11-9-17/h5,8-13,15-16,24H,6-7H2,1-4H3,(H2,22,23,25). The molecule has 2 amide bonds. The van der Waals surface area contributed by atoms with Crippen molar-refractivity contribution < 1.29 is 14.6 Å². The maximum absolute atomic E-state index is 12.3. The molecule has 0 aromatic heterocycles. The largest absolute Gasteiger partial charge is 0.508 e. The molecule has 2 atom stereocenters. The summed E-state index contributed by atoms with van der Waals surface area (Å²) in [6.07, 6.45) is 1.66. The highest BCUT2D eigenvalue weighted by molar-refractivity contribution is 5.74. The summed E-state index contributed by atoms with van der Waals surface area (Å²) < 4.78 is 5.39. The number of phenolic OH excluding ortho intramolecular Hbond substituents is 1. The molecule has 0 fully saturated rings. The van der Waals surface area contributed by atoms with Crippen molar-refractivity contribution in [1.82, 2.24) is 10.6 Å². The van der Waals surface area contributed by atoms with Crippen molar-refractivity contribution in [3.8, 4) is 11.5 Å². The van der Waals surface area contributed by atoms with Crippen LogP contribution in [0.15, 0.2) is 42.5 Å². The van der Waals surface area contributed by atoms with Crippen LogP contribution in [0.3, 0.4) is 0 Å². The molecule has 0 radical (unpaired) electrons. The van der Waals surface area contributed by atoms with E-state index in [1.165, 1.54) is 0 Å². The zero-order valence-corrected chi connectivity index (χ0v) is 15.9. The van der Waals surface area contributed by atoms with Gasteiger partial charge < -0.3 is 20.5 Å². The van der Waals surface area contributed by atoms with Crippen LogP contribution in [-0.2, 0) is 6.42 Å². The number of rotatable bonds is 7. The highest BCUT2D eigenvalue weighted by Gasteiger charge is 2.15. The molecular weight excluding hydrogens is 328 g/mol. The lowest BCUT2D eigenvalue weighted by Gasteiger charge is -2.20. The number of urea groups is 1. The van der Waals surface area contributed by atoms with Crippen LogP contribution in [0.4, 0.5) is 4.79 Å². The van der Waals surface area contributed by atoms with E-state index >= 15 is 0 Å². The first-order valence-corrected chi connectivity index (χ1v) is 8.88. The van der Waals surface area contributed by atoms with E-state index in [4.69, 9.17) is 4.74 Å². The van der Waals surface area contributed by atoms with E-state index in [-0.39, 0.29) is 23.9 Å². The first kappa shape index (κ1) is 19.6. The molecule has 0 spiro atoms. The third-order valence-corrected chi connectivity index (χ3v) is 4.38. The Morgan fingerprint density at radius 3 is 2.46 bits per heavy atom. The van der Waals surface area contributed by atoms with Crippen LogP contribution in [0.2, 0.25) is 0 Å². The molecule has 3 N–H and O–H groups in total. The summed E-state index contributed by atoms with van der Waals surface area (Å²) in [5.41, 5.74) is 3.21. The normalized spacial score (nSPS) is 12.9. The van der Waals surface area contributed by atoms with E-state index in [2.05, 4.69) is 10.6 Å². The van der Waals surface area contributed by atoms with Crippen LogP contribution in [0.25, 0.3) is 0 Å². The molecule has 0 aliphatic heterocycles. The predicted molar refractivity (Wildman–Crippen MR) is 104 cm³/mol. The lowest BCUT2D eigenvalue weighted by Crippen LogP contribution is -2.42. The highest BCUT2D eigenvalue weighted by atomic mass is 16.5. The van der Waals surface area contributed by atoms with E-state index in [1.54, 1.807) is 19.2 Å². The zero-order valence-electron chi connectivity index (χ0n) is 15.9. The molecule has 5 heteroatoms. The molecular formula is C21H28N2O3. The zero-order chi connectivity index (χ0) is 19.1. The van der Waals surface area contributed by atoms with E-state index in [1.807, 2.05) is 51.1 Å². The monoisotopic (exact) mass is 356 g/mol. The fraction of sp³-hybridized carbons (Fsp3) is 0.381. The van der Waals surface area contributed by atoms with Gasteiger partial charge in [-0.25, -0.2) is 4.79 Å². The molecule has 2 unspecified atom stereocenters. The summed E-state index contributed by atoms with van der Waals surface area (Å²) in [7, 11) is 1.63. The summed E-state index contributed by atoms with van der Waals surface area (Å²) in [6.45, 7) is 5.94. The van der Waals surface area contributed by atoms with Crippen LogP contribution >= 0.6 is 0 Å². The Kier molecular flexibility index (Phi) is 6.89. The second-order valence-electron chi connectivity index (χ2n) is 6.69. The van der Waals surface area contributed by atoms with Crippen molar-refractivity contribution in [2.45, 2.75) is 45.7 Å². The number of aromatic hydroxyl groups is 1. The van der Waals surface area contributed by atoms with Gasteiger partial charge in [0.1, 0.15) is 11.5 Å². The molecule has 0 saturated carbocycles.